The van der Waals surface area contributed by atoms with Gasteiger partial charge in [0.2, 0.25) is 0 Å². The van der Waals surface area contributed by atoms with E-state index in [2.05, 4.69) is 32.5 Å². The van der Waals surface area contributed by atoms with Gasteiger partial charge in [0.05, 0.1) is 24.2 Å². The minimum Gasteiger partial charge on any atom is -0.508 e. The molecule has 51 heavy (non-hydrogen) atoms. The van der Waals surface area contributed by atoms with Gasteiger partial charge in [-0.3, -0.25) is 9.88 Å². The Bertz CT molecular complexity index is 1970. The quantitative estimate of drug-likeness (QED) is 0.200. The maximum Gasteiger partial charge on any atom is 0.319 e. The summed E-state index contributed by atoms with van der Waals surface area (Å²) in [5.41, 5.74) is 0.115. The molecule has 1 saturated carbocycles. The highest BCUT2D eigenvalue weighted by Gasteiger charge is 2.48. The number of fused-ring (bicyclic) bond motifs is 3. The molecular formula is C40H46F2N6O3. The molecule has 0 radical (unpaired) electrons. The molecule has 3 saturated heterocycles. The summed E-state index contributed by atoms with van der Waals surface area (Å²) in [6, 6.07) is 6.17. The van der Waals surface area contributed by atoms with Crippen LogP contribution in [0.25, 0.3) is 32.9 Å². The monoisotopic (exact) mass is 696 g/mol. The highest BCUT2D eigenvalue weighted by atomic mass is 19.1. The van der Waals surface area contributed by atoms with Gasteiger partial charge in [0, 0.05) is 61.4 Å². The number of likely N-dealkylation sites (tertiary alicyclic amines) is 2. The number of ether oxygens (including phenoxy) is 2. The highest BCUT2D eigenvalue weighted by molar-refractivity contribution is 6.03. The van der Waals surface area contributed by atoms with Crippen LogP contribution in [0.4, 0.5) is 14.6 Å². The molecule has 0 amide bonds. The van der Waals surface area contributed by atoms with Crippen molar-refractivity contribution in [3.63, 3.8) is 0 Å². The Labute approximate surface area is 298 Å². The van der Waals surface area contributed by atoms with Gasteiger partial charge in [-0.2, -0.15) is 9.97 Å². The van der Waals surface area contributed by atoms with Crippen LogP contribution in [0.5, 0.6) is 11.8 Å². The van der Waals surface area contributed by atoms with E-state index in [0.717, 1.165) is 64.1 Å². The number of halogens is 2. The SMILES string of the molecule is C#Cc1c(F)ccc2cc(O)cc(-c3ncc4c(N5CCCOCC5)nc(OCC56CCCC5N(CCC5CN(CC)C5)CCC6)nc4c3F)c12. The first-order valence-electron chi connectivity index (χ1n) is 18.6. The van der Waals surface area contributed by atoms with Gasteiger partial charge in [-0.05, 0) is 87.7 Å². The standard InChI is InChI=1S/C40H46F2N6O3/c1-3-29-32(41)10-9-27-20-28(49)21-30(34(27)29)36-35(42)37-31(22-43-36)38(48-15-7-18-50-19-17-48)45-39(44-37)51-25-40-12-5-8-33(40)47(14-6-13-40)16-11-26-23-46(4-2)24-26/h1,9-10,20-22,26,33,49H,4-8,11-19,23-25H2,2H3. The van der Waals surface area contributed by atoms with Gasteiger partial charge in [-0.25, -0.2) is 8.78 Å². The molecule has 3 aliphatic heterocycles. The second-order valence-corrected chi connectivity index (χ2v) is 14.8. The van der Waals surface area contributed by atoms with Crippen molar-refractivity contribution < 1.29 is 23.4 Å². The van der Waals surface area contributed by atoms with Crippen molar-refractivity contribution in [1.82, 2.24) is 24.8 Å². The molecule has 11 heteroatoms. The molecule has 1 N–H and O–H groups in total. The molecule has 2 atom stereocenters. The first-order chi connectivity index (χ1) is 24.9. The summed E-state index contributed by atoms with van der Waals surface area (Å²) in [7, 11) is 0. The van der Waals surface area contributed by atoms with E-state index in [9.17, 15) is 9.50 Å². The summed E-state index contributed by atoms with van der Waals surface area (Å²) in [6.07, 6.45) is 14.9. The smallest absolute Gasteiger partial charge is 0.319 e. The predicted molar refractivity (Wildman–Crippen MR) is 194 cm³/mol. The van der Waals surface area contributed by atoms with Gasteiger partial charge in [0.15, 0.2) is 5.82 Å². The Kier molecular flexibility index (Phi) is 9.42. The normalized spacial score (nSPS) is 23.3. The number of terminal acetylenes is 1. The predicted octanol–water partition coefficient (Wildman–Crippen LogP) is 6.39. The lowest BCUT2D eigenvalue weighted by molar-refractivity contribution is -0.00825. The van der Waals surface area contributed by atoms with Crippen LogP contribution < -0.4 is 9.64 Å². The van der Waals surface area contributed by atoms with E-state index < -0.39 is 11.6 Å². The Morgan fingerprint density at radius 1 is 1.08 bits per heavy atom. The average Bonchev–Trinajstić information content (AvgIpc) is 3.37. The molecule has 0 spiro atoms. The molecule has 0 bridgehead atoms. The fraction of sp³-hybridized carbons (Fsp3) is 0.525. The van der Waals surface area contributed by atoms with Gasteiger partial charge in [0.1, 0.15) is 28.6 Å². The number of hydrogen-bond acceptors (Lipinski definition) is 9. The lowest BCUT2D eigenvalue weighted by Gasteiger charge is -2.47. The third-order valence-electron chi connectivity index (χ3n) is 11.8. The second kappa shape index (κ2) is 14.1. The van der Waals surface area contributed by atoms with Crippen molar-refractivity contribution in [3.8, 4) is 35.4 Å². The molecule has 9 nitrogen and oxygen atoms in total. The van der Waals surface area contributed by atoms with Crippen molar-refractivity contribution in [2.75, 3.05) is 70.5 Å². The van der Waals surface area contributed by atoms with Gasteiger partial charge >= 0.3 is 6.01 Å². The Morgan fingerprint density at radius 3 is 2.78 bits per heavy atom. The van der Waals surface area contributed by atoms with E-state index >= 15 is 4.39 Å². The maximum absolute atomic E-state index is 17.0. The lowest BCUT2D eigenvalue weighted by Crippen LogP contribution is -2.53. The molecular weight excluding hydrogens is 650 g/mol. The Balaban J connectivity index is 1.15. The van der Waals surface area contributed by atoms with Crippen LogP contribution >= 0.6 is 0 Å². The molecule has 4 aliphatic rings. The molecule has 4 fully saturated rings. The van der Waals surface area contributed by atoms with Crippen molar-refractivity contribution in [3.05, 3.63) is 47.7 Å². The zero-order valence-electron chi connectivity index (χ0n) is 29.3. The van der Waals surface area contributed by atoms with Crippen LogP contribution in [0.2, 0.25) is 0 Å². The number of benzene rings is 2. The fourth-order valence-electron chi connectivity index (χ4n) is 9.18. The van der Waals surface area contributed by atoms with E-state index in [-0.39, 0.29) is 39.5 Å². The molecule has 2 aromatic heterocycles. The summed E-state index contributed by atoms with van der Waals surface area (Å²) in [5.74, 6) is 2.29. The van der Waals surface area contributed by atoms with Gasteiger partial charge in [-0.15, -0.1) is 6.42 Å². The summed E-state index contributed by atoms with van der Waals surface area (Å²) in [6.45, 7) is 10.9. The Hall–Kier alpha value is -4.11. The number of anilines is 1. The van der Waals surface area contributed by atoms with E-state index in [1.165, 1.54) is 43.8 Å². The van der Waals surface area contributed by atoms with Crippen molar-refractivity contribution in [2.45, 2.75) is 57.9 Å². The first-order valence-corrected chi connectivity index (χ1v) is 18.6. The number of pyridine rings is 1. The number of piperidine rings is 1. The highest BCUT2D eigenvalue weighted by Crippen LogP contribution is 2.48. The van der Waals surface area contributed by atoms with Crippen LogP contribution in [0, 0.1) is 35.3 Å². The molecule has 1 aliphatic carbocycles. The summed E-state index contributed by atoms with van der Waals surface area (Å²) >= 11 is 0. The average molecular weight is 697 g/mol. The molecule has 8 rings (SSSR count). The lowest BCUT2D eigenvalue weighted by atomic mass is 9.75. The minimum atomic E-state index is -0.718. The molecule has 4 aromatic rings. The van der Waals surface area contributed by atoms with Crippen molar-refractivity contribution in [1.29, 1.82) is 0 Å². The van der Waals surface area contributed by atoms with E-state index in [0.29, 0.717) is 60.9 Å². The molecule has 268 valence electrons. The van der Waals surface area contributed by atoms with Crippen LogP contribution in [0.15, 0.2) is 30.5 Å². The van der Waals surface area contributed by atoms with Crippen LogP contribution in [0.3, 0.4) is 0 Å². The van der Waals surface area contributed by atoms with Crippen molar-refractivity contribution >= 4 is 27.5 Å². The summed E-state index contributed by atoms with van der Waals surface area (Å²) in [4.78, 5) is 21.5. The number of aromatic hydroxyl groups is 1. The molecule has 2 aromatic carbocycles. The van der Waals surface area contributed by atoms with Gasteiger partial charge in [-0.1, -0.05) is 25.3 Å². The van der Waals surface area contributed by atoms with Crippen LogP contribution in [-0.4, -0.2) is 102 Å². The fourth-order valence-corrected chi connectivity index (χ4v) is 9.18. The molecule has 2 unspecified atom stereocenters. The number of aromatic nitrogens is 3. The zero-order chi connectivity index (χ0) is 35.1. The second-order valence-electron chi connectivity index (χ2n) is 14.8. The van der Waals surface area contributed by atoms with E-state index in [1.807, 2.05) is 0 Å². The number of phenolic OH excluding ortho intramolecular Hbond substituents is 1. The summed E-state index contributed by atoms with van der Waals surface area (Å²) in [5, 5.41) is 11.8. The maximum atomic E-state index is 17.0. The number of nitrogens with zero attached hydrogens (tertiary/aromatic N) is 6. The Morgan fingerprint density at radius 2 is 1.94 bits per heavy atom. The summed E-state index contributed by atoms with van der Waals surface area (Å²) < 4.78 is 44.2. The largest absolute Gasteiger partial charge is 0.508 e. The van der Waals surface area contributed by atoms with Gasteiger partial charge < -0.3 is 24.4 Å². The van der Waals surface area contributed by atoms with Crippen LogP contribution in [0.1, 0.15) is 57.4 Å². The van der Waals surface area contributed by atoms with E-state index in [4.69, 9.17) is 25.9 Å². The van der Waals surface area contributed by atoms with Crippen molar-refractivity contribution in [2.24, 2.45) is 11.3 Å². The third-order valence-corrected chi connectivity index (χ3v) is 11.8. The minimum absolute atomic E-state index is 0.000366. The first kappa shape index (κ1) is 34.0. The third kappa shape index (κ3) is 6.36. The number of rotatable bonds is 9. The number of hydrogen-bond donors (Lipinski definition) is 1. The topological polar surface area (TPSA) is 87.1 Å². The zero-order valence-corrected chi connectivity index (χ0v) is 29.3. The molecule has 5 heterocycles. The van der Waals surface area contributed by atoms with Gasteiger partial charge in [0.25, 0.3) is 0 Å². The van der Waals surface area contributed by atoms with E-state index in [1.54, 1.807) is 6.20 Å². The number of phenols is 1. The van der Waals surface area contributed by atoms with Crippen LogP contribution in [-0.2, 0) is 4.74 Å².